The second-order valence-electron chi connectivity index (χ2n) is 7.77. The number of thioether (sulfide) groups is 1. The van der Waals surface area contributed by atoms with Crippen LogP contribution in [0.4, 0.5) is 5.69 Å². The van der Waals surface area contributed by atoms with Crippen molar-refractivity contribution < 1.29 is 4.79 Å². The van der Waals surface area contributed by atoms with Crippen LogP contribution in [0.5, 0.6) is 0 Å². The minimum Gasteiger partial charge on any atom is -0.319 e. The van der Waals surface area contributed by atoms with Gasteiger partial charge in [0, 0.05) is 7.05 Å². The molecule has 5 rings (SSSR count). The molecule has 3 aromatic heterocycles. The highest BCUT2D eigenvalue weighted by Gasteiger charge is 2.19. The first-order chi connectivity index (χ1) is 16.9. The monoisotopic (exact) mass is 487 g/mol. The van der Waals surface area contributed by atoms with Gasteiger partial charge in [-0.3, -0.25) is 19.1 Å². The van der Waals surface area contributed by atoms with Crippen molar-refractivity contribution in [3.63, 3.8) is 0 Å². The number of carbonyl (C=O) groups excluding carboxylic acids is 1. The summed E-state index contributed by atoms with van der Waals surface area (Å²) < 4.78 is 4.77. The number of H-pyrrole nitrogens is 1. The molecule has 0 aliphatic carbocycles. The van der Waals surface area contributed by atoms with Crippen molar-refractivity contribution in [2.75, 3.05) is 11.1 Å². The van der Waals surface area contributed by atoms with Gasteiger partial charge in [0.05, 0.1) is 29.0 Å². The molecule has 2 aromatic carbocycles. The number of anilines is 1. The molecule has 35 heavy (non-hydrogen) atoms. The summed E-state index contributed by atoms with van der Waals surface area (Å²) in [5.41, 5.74) is 2.02. The first kappa shape index (κ1) is 22.4. The first-order valence-corrected chi connectivity index (χ1v) is 11.7. The molecule has 0 bridgehead atoms. The van der Waals surface area contributed by atoms with Gasteiger partial charge in [-0.1, -0.05) is 48.2 Å². The minimum absolute atomic E-state index is 0.0486. The maximum atomic E-state index is 13.0. The Morgan fingerprint density at radius 3 is 2.37 bits per heavy atom. The Kier molecular flexibility index (Phi) is 5.83. The average molecular weight is 488 g/mol. The first-order valence-electron chi connectivity index (χ1n) is 10.7. The fourth-order valence-electron chi connectivity index (χ4n) is 3.75. The summed E-state index contributed by atoms with van der Waals surface area (Å²) in [5, 5.41) is 7.62. The van der Waals surface area contributed by atoms with Crippen LogP contribution in [0.2, 0.25) is 0 Å². The molecule has 0 radical (unpaired) electrons. The Morgan fingerprint density at radius 2 is 1.69 bits per heavy atom. The van der Waals surface area contributed by atoms with Crippen LogP contribution in [0.15, 0.2) is 81.6 Å². The Labute approximate surface area is 203 Å². The van der Waals surface area contributed by atoms with Crippen LogP contribution in [0.1, 0.15) is 5.69 Å². The van der Waals surface area contributed by atoms with Crippen LogP contribution in [0, 0.1) is 6.92 Å². The number of fused-ring (bicyclic) bond motifs is 1. The number of hydrogen-bond acceptors (Lipinski definition) is 6. The third-order valence-electron chi connectivity index (χ3n) is 5.58. The van der Waals surface area contributed by atoms with Gasteiger partial charge in [0.1, 0.15) is 11.1 Å². The zero-order chi connectivity index (χ0) is 24.5. The highest BCUT2D eigenvalue weighted by atomic mass is 32.2. The maximum absolute atomic E-state index is 13.0. The SMILES string of the molecule is Cc1c(NC(=O)CSc2nc3c(cnn3-c3ccccc3)c(=O)[nH]2)c(=O)n(-c2ccccc2)n1C. The number of aromatic amines is 1. The molecular weight excluding hydrogens is 466 g/mol. The predicted octanol–water partition coefficient (Wildman–Crippen LogP) is 2.64. The molecule has 1 amide bonds. The fraction of sp³-hybridized carbons (Fsp3) is 0.125. The lowest BCUT2D eigenvalue weighted by molar-refractivity contribution is -0.113. The van der Waals surface area contributed by atoms with E-state index in [4.69, 9.17) is 0 Å². The van der Waals surface area contributed by atoms with Gasteiger partial charge >= 0.3 is 0 Å². The molecule has 0 saturated carbocycles. The van der Waals surface area contributed by atoms with E-state index in [0.717, 1.165) is 17.4 Å². The molecule has 5 aromatic rings. The molecule has 2 N–H and O–H groups in total. The number of hydrogen-bond donors (Lipinski definition) is 2. The van der Waals surface area contributed by atoms with Gasteiger partial charge in [-0.05, 0) is 31.2 Å². The number of para-hydroxylation sites is 2. The van der Waals surface area contributed by atoms with E-state index >= 15 is 0 Å². The Hall–Kier alpha value is -4.38. The second kappa shape index (κ2) is 9.11. The summed E-state index contributed by atoms with van der Waals surface area (Å²) in [5.74, 6) is -0.437. The molecule has 0 saturated heterocycles. The van der Waals surface area contributed by atoms with Crippen molar-refractivity contribution in [1.29, 1.82) is 0 Å². The van der Waals surface area contributed by atoms with Gasteiger partial charge in [-0.25, -0.2) is 14.3 Å². The zero-order valence-corrected chi connectivity index (χ0v) is 19.7. The number of carbonyl (C=O) groups is 1. The van der Waals surface area contributed by atoms with E-state index in [1.54, 1.807) is 23.3 Å². The summed E-state index contributed by atoms with van der Waals surface area (Å²) in [4.78, 5) is 45.4. The van der Waals surface area contributed by atoms with E-state index in [-0.39, 0.29) is 33.6 Å². The molecule has 176 valence electrons. The van der Waals surface area contributed by atoms with E-state index in [1.807, 2.05) is 60.7 Å². The molecule has 0 aliphatic heterocycles. The second-order valence-corrected chi connectivity index (χ2v) is 8.74. The van der Waals surface area contributed by atoms with Gasteiger partial charge in [0.2, 0.25) is 5.91 Å². The van der Waals surface area contributed by atoms with Crippen molar-refractivity contribution in [2.24, 2.45) is 7.05 Å². The van der Waals surface area contributed by atoms with Gasteiger partial charge in [-0.15, -0.1) is 0 Å². The smallest absolute Gasteiger partial charge is 0.295 e. The van der Waals surface area contributed by atoms with Gasteiger partial charge in [-0.2, -0.15) is 5.10 Å². The number of aromatic nitrogens is 6. The molecule has 0 unspecified atom stereocenters. The van der Waals surface area contributed by atoms with Crippen molar-refractivity contribution in [2.45, 2.75) is 12.1 Å². The minimum atomic E-state index is -0.389. The van der Waals surface area contributed by atoms with Crippen LogP contribution in [-0.4, -0.2) is 40.8 Å². The molecule has 10 nitrogen and oxygen atoms in total. The van der Waals surface area contributed by atoms with E-state index < -0.39 is 0 Å². The van der Waals surface area contributed by atoms with Crippen LogP contribution < -0.4 is 16.4 Å². The van der Waals surface area contributed by atoms with Crippen LogP contribution in [0.3, 0.4) is 0 Å². The Bertz CT molecular complexity index is 1650. The molecule has 11 heteroatoms. The Morgan fingerprint density at radius 1 is 1.03 bits per heavy atom. The molecule has 0 fully saturated rings. The average Bonchev–Trinajstić information content (AvgIpc) is 3.39. The number of nitrogens with one attached hydrogen (secondary N) is 2. The number of amides is 1. The highest BCUT2D eigenvalue weighted by Crippen LogP contribution is 2.19. The van der Waals surface area contributed by atoms with Crippen LogP contribution in [0.25, 0.3) is 22.4 Å². The van der Waals surface area contributed by atoms with Crippen molar-refractivity contribution in [1.82, 2.24) is 29.1 Å². The molecule has 3 heterocycles. The quantitative estimate of drug-likeness (QED) is 0.281. The summed E-state index contributed by atoms with van der Waals surface area (Å²) in [6.45, 7) is 1.77. The molecular formula is C24H21N7O3S. The Balaban J connectivity index is 1.37. The van der Waals surface area contributed by atoms with Gasteiger partial charge < -0.3 is 10.3 Å². The largest absolute Gasteiger partial charge is 0.319 e. The third-order valence-corrected chi connectivity index (χ3v) is 6.45. The van der Waals surface area contributed by atoms with E-state index in [0.29, 0.717) is 22.4 Å². The third kappa shape index (κ3) is 4.17. The summed E-state index contributed by atoms with van der Waals surface area (Å²) in [6.07, 6.45) is 1.46. The van der Waals surface area contributed by atoms with E-state index in [9.17, 15) is 14.4 Å². The fourth-order valence-corrected chi connectivity index (χ4v) is 4.40. The lowest BCUT2D eigenvalue weighted by Crippen LogP contribution is -2.23. The van der Waals surface area contributed by atoms with Crippen molar-refractivity contribution in [3.05, 3.63) is 93.3 Å². The normalized spacial score (nSPS) is 11.1. The topological polar surface area (TPSA) is 120 Å². The zero-order valence-electron chi connectivity index (χ0n) is 18.9. The predicted molar refractivity (Wildman–Crippen MR) is 135 cm³/mol. The van der Waals surface area contributed by atoms with Gasteiger partial charge in [0.15, 0.2) is 10.8 Å². The molecule has 0 aliphatic rings. The van der Waals surface area contributed by atoms with Crippen LogP contribution >= 0.6 is 11.8 Å². The number of benzene rings is 2. The highest BCUT2D eigenvalue weighted by molar-refractivity contribution is 7.99. The summed E-state index contributed by atoms with van der Waals surface area (Å²) in [7, 11) is 1.76. The van der Waals surface area contributed by atoms with Crippen LogP contribution in [-0.2, 0) is 11.8 Å². The van der Waals surface area contributed by atoms with E-state index in [1.165, 1.54) is 10.9 Å². The van der Waals surface area contributed by atoms with Crippen molar-refractivity contribution >= 4 is 34.4 Å². The number of nitrogens with zero attached hydrogens (tertiary/aromatic N) is 5. The maximum Gasteiger partial charge on any atom is 0.295 e. The standard InChI is InChI=1S/C24H21N7O3S/c1-15-20(23(34)31(29(15)2)17-11-7-4-8-12-17)26-19(32)14-35-24-27-21-18(22(33)28-24)13-25-30(21)16-9-5-3-6-10-16/h3-13H,14H2,1-2H3,(H,26,32)(H,27,28,33). The van der Waals surface area contributed by atoms with E-state index in [2.05, 4.69) is 20.4 Å². The summed E-state index contributed by atoms with van der Waals surface area (Å²) >= 11 is 1.07. The molecule has 0 spiro atoms. The van der Waals surface area contributed by atoms with Gasteiger partial charge in [0.25, 0.3) is 11.1 Å². The lowest BCUT2D eigenvalue weighted by Gasteiger charge is -2.07. The van der Waals surface area contributed by atoms with Crippen molar-refractivity contribution in [3.8, 4) is 11.4 Å². The lowest BCUT2D eigenvalue weighted by atomic mass is 10.3. The molecule has 0 atom stereocenters. The summed E-state index contributed by atoms with van der Waals surface area (Å²) in [6, 6.07) is 18.5. The number of rotatable bonds is 6.